The minimum Gasteiger partial charge on any atom is -0.487 e. The Bertz CT molecular complexity index is 2020. The summed E-state index contributed by atoms with van der Waals surface area (Å²) >= 11 is 11.6. The summed E-state index contributed by atoms with van der Waals surface area (Å²) in [5.74, 6) is -0.914. The lowest BCUT2D eigenvalue weighted by molar-refractivity contribution is -0.385. The Kier molecular flexibility index (Phi) is 13.7. The first-order valence-electron chi connectivity index (χ1n) is 14.1. The van der Waals surface area contributed by atoms with Crippen LogP contribution in [0.4, 0.5) is 29.6 Å². The van der Waals surface area contributed by atoms with E-state index >= 15 is 0 Å². The maximum Gasteiger partial charge on any atom is 0.416 e. The number of nitrogens with zero attached hydrogens (tertiary/aromatic N) is 3. The number of halogens is 5. The van der Waals surface area contributed by atoms with Gasteiger partial charge in [-0.3, -0.25) is 15.4 Å². The molecule has 3 aromatic carbocycles. The zero-order valence-electron chi connectivity index (χ0n) is 26.5. The third-order valence-electron chi connectivity index (χ3n) is 5.92. The number of ether oxygens (including phenoxy) is 4. The van der Waals surface area contributed by atoms with Crippen molar-refractivity contribution >= 4 is 56.9 Å². The lowest BCUT2D eigenvalue weighted by Crippen LogP contribution is -2.35. The van der Waals surface area contributed by atoms with E-state index in [1.807, 2.05) is 0 Å². The fourth-order valence-corrected chi connectivity index (χ4v) is 5.30. The number of sulfonamides is 1. The second-order valence-corrected chi connectivity index (χ2v) is 11.8. The van der Waals surface area contributed by atoms with Gasteiger partial charge in [0.05, 0.1) is 41.4 Å². The SMILES string of the molecule is CCOC(=O)c1ccccc1S(=O)(=O)NC(=O)Nc1nc(Cl)cc(OC)n1.CCOc1cc(Oc2ccc(C(F)(F)F)cc2Cl)ccc1[N+](=O)[O-]. The van der Waals surface area contributed by atoms with Crippen molar-refractivity contribution in [2.75, 3.05) is 25.6 Å². The number of nitro benzene ring substituents is 1. The van der Waals surface area contributed by atoms with Gasteiger partial charge < -0.3 is 18.9 Å². The minimum absolute atomic E-state index is 0.0111. The highest BCUT2D eigenvalue weighted by Crippen LogP contribution is 2.38. The van der Waals surface area contributed by atoms with Crippen molar-refractivity contribution in [3.8, 4) is 23.1 Å². The molecule has 0 fully saturated rings. The normalized spacial score (nSPS) is 11.0. The number of nitro groups is 1. The van der Waals surface area contributed by atoms with Gasteiger partial charge in [0.25, 0.3) is 10.0 Å². The number of amides is 2. The maximum atomic E-state index is 12.6. The molecule has 0 aliphatic heterocycles. The molecule has 0 saturated carbocycles. The van der Waals surface area contributed by atoms with E-state index < -0.39 is 43.6 Å². The molecular formula is C30H26Cl2F3N5O10S. The third kappa shape index (κ3) is 11.3. The summed E-state index contributed by atoms with van der Waals surface area (Å²) in [6.07, 6.45) is -4.52. The molecule has 4 aromatic rings. The minimum atomic E-state index is -4.52. The van der Waals surface area contributed by atoms with Crippen LogP contribution in [0.5, 0.6) is 23.1 Å². The largest absolute Gasteiger partial charge is 0.487 e. The van der Waals surface area contributed by atoms with E-state index in [4.69, 9.17) is 42.1 Å². The molecule has 0 aliphatic carbocycles. The molecule has 0 unspecified atom stereocenters. The van der Waals surface area contributed by atoms with Crippen LogP contribution in [0.25, 0.3) is 0 Å². The second kappa shape index (κ2) is 17.5. The summed E-state index contributed by atoms with van der Waals surface area (Å²) in [5.41, 5.74) is -1.36. The maximum absolute atomic E-state index is 12.6. The highest BCUT2D eigenvalue weighted by atomic mass is 35.5. The molecule has 0 saturated heterocycles. The zero-order valence-corrected chi connectivity index (χ0v) is 28.8. The summed E-state index contributed by atoms with van der Waals surface area (Å²) in [6.45, 7) is 3.50. The van der Waals surface area contributed by atoms with E-state index in [0.717, 1.165) is 18.2 Å². The summed E-state index contributed by atoms with van der Waals surface area (Å²) in [5, 5.41) is 12.8. The van der Waals surface area contributed by atoms with Gasteiger partial charge in [0.1, 0.15) is 21.5 Å². The molecule has 272 valence electrons. The Hall–Kier alpha value is -5.40. The predicted octanol–water partition coefficient (Wildman–Crippen LogP) is 7.28. The molecule has 1 heterocycles. The van der Waals surface area contributed by atoms with Crippen molar-refractivity contribution in [1.82, 2.24) is 14.7 Å². The number of rotatable bonds is 11. The standard InChI is InChI=1S/C15H11ClF3NO4.C15H15ClN4O6S/c1-2-23-14-8-10(4-5-12(14)20(21)22)24-13-6-3-9(7-11(13)16)15(17,18)19;1-3-26-13(21)9-6-4-5-7-10(9)27(23,24)20-15(22)19-14-17-11(16)8-12(18-14)25-2/h3-8H,2H2,1H3;4-8H,3H2,1-2H3,(H2,17,18,19,20,22). The van der Waals surface area contributed by atoms with E-state index in [1.54, 1.807) is 18.6 Å². The van der Waals surface area contributed by atoms with E-state index in [0.29, 0.717) is 0 Å². The van der Waals surface area contributed by atoms with E-state index in [-0.39, 0.29) is 63.7 Å². The van der Waals surface area contributed by atoms with Gasteiger partial charge in [0.2, 0.25) is 17.6 Å². The quantitative estimate of drug-likeness (QED) is 0.0669. The fourth-order valence-electron chi connectivity index (χ4n) is 3.81. The van der Waals surface area contributed by atoms with Crippen LogP contribution in [0.2, 0.25) is 10.2 Å². The first kappa shape index (κ1) is 40.0. The van der Waals surface area contributed by atoms with E-state index in [2.05, 4.69) is 15.3 Å². The highest BCUT2D eigenvalue weighted by Gasteiger charge is 2.31. The zero-order chi connectivity index (χ0) is 37.9. The highest BCUT2D eigenvalue weighted by molar-refractivity contribution is 7.90. The summed E-state index contributed by atoms with van der Waals surface area (Å²) < 4.78 is 84.8. The molecular weight excluding hydrogens is 750 g/mol. The lowest BCUT2D eigenvalue weighted by Gasteiger charge is -2.12. The number of hydrogen-bond acceptors (Lipinski definition) is 12. The Labute approximate surface area is 297 Å². The Morgan fingerprint density at radius 3 is 2.27 bits per heavy atom. The number of carbonyl (C=O) groups is 2. The fraction of sp³-hybridized carbons (Fsp3) is 0.200. The molecule has 1 aromatic heterocycles. The van der Waals surface area contributed by atoms with Crippen molar-refractivity contribution in [3.63, 3.8) is 0 Å². The average molecular weight is 777 g/mol. The van der Waals surface area contributed by atoms with Crippen molar-refractivity contribution in [3.05, 3.63) is 98.1 Å². The Morgan fingerprint density at radius 1 is 0.961 bits per heavy atom. The molecule has 0 spiro atoms. The van der Waals surface area contributed by atoms with Crippen LogP contribution in [0, 0.1) is 10.1 Å². The number of alkyl halides is 3. The van der Waals surface area contributed by atoms with Gasteiger partial charge in [-0.25, -0.2) is 27.7 Å². The number of anilines is 1. The van der Waals surface area contributed by atoms with Gasteiger partial charge >= 0.3 is 23.9 Å². The number of hydrogen-bond donors (Lipinski definition) is 2. The smallest absolute Gasteiger partial charge is 0.416 e. The van der Waals surface area contributed by atoms with Gasteiger partial charge in [-0.05, 0) is 50.2 Å². The molecule has 51 heavy (non-hydrogen) atoms. The molecule has 0 bridgehead atoms. The first-order valence-corrected chi connectivity index (χ1v) is 16.4. The average Bonchev–Trinajstić information content (AvgIpc) is 3.05. The number of benzene rings is 3. The van der Waals surface area contributed by atoms with Crippen LogP contribution < -0.4 is 24.2 Å². The molecule has 0 atom stereocenters. The number of methoxy groups -OCH3 is 1. The van der Waals surface area contributed by atoms with Crippen LogP contribution in [0.15, 0.2) is 71.6 Å². The Balaban J connectivity index is 0.000000277. The van der Waals surface area contributed by atoms with Gasteiger partial charge in [-0.2, -0.15) is 18.2 Å². The number of carbonyl (C=O) groups excluding carboxylic acids is 2. The summed E-state index contributed by atoms with van der Waals surface area (Å²) in [7, 11) is -3.05. The monoisotopic (exact) mass is 775 g/mol. The molecule has 4 rings (SSSR count). The van der Waals surface area contributed by atoms with Crippen molar-refractivity contribution in [2.24, 2.45) is 0 Å². The molecule has 2 N–H and O–H groups in total. The molecule has 2 amide bonds. The predicted molar refractivity (Wildman–Crippen MR) is 176 cm³/mol. The first-order chi connectivity index (χ1) is 24.0. The van der Waals surface area contributed by atoms with Gasteiger partial charge in [0, 0.05) is 18.2 Å². The van der Waals surface area contributed by atoms with Crippen molar-refractivity contribution < 1.29 is 55.0 Å². The molecule has 21 heteroatoms. The van der Waals surface area contributed by atoms with Crippen LogP contribution >= 0.6 is 23.2 Å². The van der Waals surface area contributed by atoms with Gasteiger partial charge in [-0.15, -0.1) is 0 Å². The topological polar surface area (TPSA) is 198 Å². The summed E-state index contributed by atoms with van der Waals surface area (Å²) in [6, 6.07) is 11.9. The van der Waals surface area contributed by atoms with E-state index in [1.165, 1.54) is 55.6 Å². The van der Waals surface area contributed by atoms with Crippen LogP contribution in [0.3, 0.4) is 0 Å². The van der Waals surface area contributed by atoms with Crippen LogP contribution in [0.1, 0.15) is 29.8 Å². The Morgan fingerprint density at radius 2 is 1.67 bits per heavy atom. The molecule has 0 radical (unpaired) electrons. The number of nitrogens with one attached hydrogen (secondary N) is 2. The van der Waals surface area contributed by atoms with Gasteiger partial charge in [-0.1, -0.05) is 35.3 Å². The summed E-state index contributed by atoms with van der Waals surface area (Å²) in [4.78, 5) is 41.4. The number of urea groups is 1. The van der Waals surface area contributed by atoms with E-state index in [9.17, 15) is 41.3 Å². The number of aromatic nitrogens is 2. The van der Waals surface area contributed by atoms with Crippen molar-refractivity contribution in [2.45, 2.75) is 24.9 Å². The number of esters is 1. The lowest BCUT2D eigenvalue weighted by atomic mass is 10.2. The second-order valence-electron chi connectivity index (χ2n) is 9.40. The van der Waals surface area contributed by atoms with Crippen LogP contribution in [-0.2, 0) is 20.9 Å². The molecule has 15 nitrogen and oxygen atoms in total. The van der Waals surface area contributed by atoms with Gasteiger partial charge in [0.15, 0.2) is 0 Å². The van der Waals surface area contributed by atoms with Crippen LogP contribution in [-0.4, -0.2) is 55.6 Å². The van der Waals surface area contributed by atoms with Crippen molar-refractivity contribution in [1.29, 1.82) is 0 Å². The third-order valence-corrected chi connectivity index (χ3v) is 7.80. The molecule has 0 aliphatic rings.